The topological polar surface area (TPSA) is 34.9 Å². The van der Waals surface area contributed by atoms with Crippen LogP contribution < -0.4 is 0 Å². The Morgan fingerprint density at radius 1 is 1.79 bits per heavy atom. The van der Waals surface area contributed by atoms with Crippen LogP contribution in [-0.2, 0) is 0 Å². The molecule has 1 heterocycles. The SMILES string of the molecule is C=CCC(=O)c1c(Br)cnn1C(C)C. The quantitative estimate of drug-likeness (QED) is 0.614. The number of ketones is 1. The van der Waals surface area contributed by atoms with Gasteiger partial charge in [0.25, 0.3) is 0 Å². The fourth-order valence-corrected chi connectivity index (χ4v) is 1.72. The van der Waals surface area contributed by atoms with E-state index in [4.69, 9.17) is 0 Å². The Kier molecular flexibility index (Phi) is 3.63. The van der Waals surface area contributed by atoms with Crippen molar-refractivity contribution in [3.8, 4) is 0 Å². The largest absolute Gasteiger partial charge is 0.292 e. The van der Waals surface area contributed by atoms with Crippen molar-refractivity contribution in [1.29, 1.82) is 0 Å². The maximum atomic E-state index is 11.7. The maximum absolute atomic E-state index is 11.7. The molecule has 0 amide bonds. The number of carbonyl (C=O) groups excluding carboxylic acids is 1. The van der Waals surface area contributed by atoms with Crippen molar-refractivity contribution < 1.29 is 4.79 Å². The van der Waals surface area contributed by atoms with Crippen molar-refractivity contribution in [1.82, 2.24) is 9.78 Å². The van der Waals surface area contributed by atoms with E-state index in [1.165, 1.54) is 0 Å². The zero-order chi connectivity index (χ0) is 10.7. The van der Waals surface area contributed by atoms with Crippen molar-refractivity contribution in [2.24, 2.45) is 0 Å². The van der Waals surface area contributed by atoms with E-state index in [9.17, 15) is 4.79 Å². The summed E-state index contributed by atoms with van der Waals surface area (Å²) in [5.41, 5.74) is 0.625. The number of Topliss-reactive ketones (excluding diaryl/α,β-unsaturated/α-hetero) is 1. The second-order valence-electron chi connectivity index (χ2n) is 3.30. The van der Waals surface area contributed by atoms with E-state index in [1.54, 1.807) is 17.0 Å². The Morgan fingerprint density at radius 3 is 2.93 bits per heavy atom. The second-order valence-corrected chi connectivity index (χ2v) is 4.15. The molecule has 0 saturated carbocycles. The molecule has 0 atom stereocenters. The maximum Gasteiger partial charge on any atom is 0.185 e. The van der Waals surface area contributed by atoms with Crippen molar-refractivity contribution in [2.75, 3.05) is 0 Å². The third-order valence-electron chi connectivity index (χ3n) is 1.83. The highest BCUT2D eigenvalue weighted by molar-refractivity contribution is 9.10. The van der Waals surface area contributed by atoms with E-state index < -0.39 is 0 Å². The van der Waals surface area contributed by atoms with Crippen molar-refractivity contribution >= 4 is 21.7 Å². The number of halogens is 1. The number of carbonyl (C=O) groups is 1. The lowest BCUT2D eigenvalue weighted by atomic mass is 10.2. The van der Waals surface area contributed by atoms with E-state index in [1.807, 2.05) is 13.8 Å². The van der Waals surface area contributed by atoms with Gasteiger partial charge in [-0.05, 0) is 29.8 Å². The highest BCUT2D eigenvalue weighted by atomic mass is 79.9. The Hall–Kier alpha value is -0.900. The Morgan fingerprint density at radius 2 is 2.43 bits per heavy atom. The molecule has 0 aliphatic carbocycles. The molecule has 0 fully saturated rings. The summed E-state index contributed by atoms with van der Waals surface area (Å²) in [7, 11) is 0. The van der Waals surface area contributed by atoms with Crippen LogP contribution in [0.4, 0.5) is 0 Å². The molecule has 76 valence electrons. The summed E-state index contributed by atoms with van der Waals surface area (Å²) in [5, 5.41) is 4.13. The summed E-state index contributed by atoms with van der Waals surface area (Å²) in [6, 6.07) is 0.185. The summed E-state index contributed by atoms with van der Waals surface area (Å²) in [6.07, 6.45) is 3.60. The minimum atomic E-state index is 0.0399. The van der Waals surface area contributed by atoms with Crippen LogP contribution in [0.3, 0.4) is 0 Å². The molecule has 0 aliphatic heterocycles. The third kappa shape index (κ3) is 2.12. The van der Waals surface area contributed by atoms with Crippen LogP contribution in [0.15, 0.2) is 23.3 Å². The first-order valence-corrected chi connectivity index (χ1v) is 5.24. The molecule has 0 saturated heterocycles. The van der Waals surface area contributed by atoms with Crippen molar-refractivity contribution in [3.63, 3.8) is 0 Å². The number of hydrogen-bond acceptors (Lipinski definition) is 2. The van der Waals surface area contributed by atoms with Gasteiger partial charge in [-0.2, -0.15) is 5.10 Å². The third-order valence-corrected chi connectivity index (χ3v) is 2.41. The normalized spacial score (nSPS) is 10.6. The Balaban J connectivity index is 3.10. The van der Waals surface area contributed by atoms with Crippen LogP contribution in [0, 0.1) is 0 Å². The molecule has 14 heavy (non-hydrogen) atoms. The lowest BCUT2D eigenvalue weighted by Crippen LogP contribution is -2.12. The lowest BCUT2D eigenvalue weighted by molar-refractivity contribution is 0.0983. The zero-order valence-electron chi connectivity index (χ0n) is 8.33. The molecule has 4 heteroatoms. The number of aromatic nitrogens is 2. The van der Waals surface area contributed by atoms with Gasteiger partial charge in [0.1, 0.15) is 5.69 Å². The van der Waals surface area contributed by atoms with Crippen LogP contribution in [-0.4, -0.2) is 15.6 Å². The van der Waals surface area contributed by atoms with Gasteiger partial charge < -0.3 is 0 Å². The molecular formula is C10H13BrN2O. The molecule has 0 spiro atoms. The number of allylic oxidation sites excluding steroid dienone is 1. The summed E-state index contributed by atoms with van der Waals surface area (Å²) < 4.78 is 2.47. The molecule has 0 aliphatic rings. The van der Waals surface area contributed by atoms with E-state index in [-0.39, 0.29) is 11.8 Å². The fourth-order valence-electron chi connectivity index (χ4n) is 1.22. The summed E-state index contributed by atoms with van der Waals surface area (Å²) >= 11 is 3.32. The van der Waals surface area contributed by atoms with Crippen LogP contribution in [0.2, 0.25) is 0 Å². The summed E-state index contributed by atoms with van der Waals surface area (Å²) in [4.78, 5) is 11.7. The van der Waals surface area contributed by atoms with Gasteiger partial charge in [-0.3, -0.25) is 9.48 Å². The molecule has 0 bridgehead atoms. The molecule has 1 rings (SSSR count). The van der Waals surface area contributed by atoms with Gasteiger partial charge >= 0.3 is 0 Å². The molecule has 0 radical (unpaired) electrons. The average Bonchev–Trinajstić information content (AvgIpc) is 2.47. The van der Waals surface area contributed by atoms with Crippen LogP contribution in [0.1, 0.15) is 36.8 Å². The summed E-state index contributed by atoms with van der Waals surface area (Å²) in [5.74, 6) is 0.0399. The average molecular weight is 257 g/mol. The number of nitrogens with zero attached hydrogens (tertiary/aromatic N) is 2. The number of rotatable bonds is 4. The molecule has 0 aromatic carbocycles. The first-order chi connectivity index (χ1) is 6.57. The highest BCUT2D eigenvalue weighted by Crippen LogP contribution is 2.20. The van der Waals surface area contributed by atoms with Gasteiger partial charge in [0, 0.05) is 12.5 Å². The standard InChI is InChI=1S/C10H13BrN2O/c1-4-5-9(14)10-8(11)6-12-13(10)7(2)3/h4,6-7H,1,5H2,2-3H3. The van der Waals surface area contributed by atoms with Crippen LogP contribution in [0.25, 0.3) is 0 Å². The van der Waals surface area contributed by atoms with E-state index in [2.05, 4.69) is 27.6 Å². The molecule has 0 unspecified atom stereocenters. The molecule has 1 aromatic heterocycles. The number of hydrogen-bond donors (Lipinski definition) is 0. The minimum Gasteiger partial charge on any atom is -0.292 e. The minimum absolute atomic E-state index is 0.0399. The summed E-state index contributed by atoms with van der Waals surface area (Å²) in [6.45, 7) is 7.53. The van der Waals surface area contributed by atoms with Gasteiger partial charge in [0.15, 0.2) is 5.78 Å². The highest BCUT2D eigenvalue weighted by Gasteiger charge is 2.17. The van der Waals surface area contributed by atoms with E-state index in [0.29, 0.717) is 12.1 Å². The predicted molar refractivity (Wildman–Crippen MR) is 59.5 cm³/mol. The fraction of sp³-hybridized carbons (Fsp3) is 0.400. The molecule has 3 nitrogen and oxygen atoms in total. The molecule has 0 N–H and O–H groups in total. The Bertz CT molecular complexity index is 355. The first-order valence-electron chi connectivity index (χ1n) is 4.45. The molecule has 1 aromatic rings. The van der Waals surface area contributed by atoms with Crippen LogP contribution >= 0.6 is 15.9 Å². The van der Waals surface area contributed by atoms with E-state index in [0.717, 1.165) is 4.47 Å². The van der Waals surface area contributed by atoms with Crippen LogP contribution in [0.5, 0.6) is 0 Å². The van der Waals surface area contributed by atoms with Gasteiger partial charge in [-0.15, -0.1) is 6.58 Å². The zero-order valence-corrected chi connectivity index (χ0v) is 9.91. The predicted octanol–water partition coefficient (Wildman–Crippen LogP) is 2.99. The lowest BCUT2D eigenvalue weighted by Gasteiger charge is -2.09. The second kappa shape index (κ2) is 4.55. The van der Waals surface area contributed by atoms with Gasteiger partial charge in [-0.25, -0.2) is 0 Å². The monoisotopic (exact) mass is 256 g/mol. The van der Waals surface area contributed by atoms with Crippen molar-refractivity contribution in [3.05, 3.63) is 29.0 Å². The molecular weight excluding hydrogens is 244 g/mol. The van der Waals surface area contributed by atoms with Gasteiger partial charge in [0.05, 0.1) is 10.7 Å². The van der Waals surface area contributed by atoms with Gasteiger partial charge in [-0.1, -0.05) is 6.08 Å². The van der Waals surface area contributed by atoms with E-state index >= 15 is 0 Å². The van der Waals surface area contributed by atoms with Crippen molar-refractivity contribution in [2.45, 2.75) is 26.3 Å². The van der Waals surface area contributed by atoms with Gasteiger partial charge in [0.2, 0.25) is 0 Å². The Labute approximate surface area is 91.9 Å². The smallest absolute Gasteiger partial charge is 0.185 e. The first kappa shape index (κ1) is 11.2.